The molecule has 1 unspecified atom stereocenters. The van der Waals surface area contributed by atoms with Crippen molar-refractivity contribution in [1.29, 1.82) is 0 Å². The molecule has 4 rings (SSSR count). The van der Waals surface area contributed by atoms with Gasteiger partial charge < -0.3 is 20.3 Å². The summed E-state index contributed by atoms with van der Waals surface area (Å²) >= 11 is 0. The first-order valence-corrected chi connectivity index (χ1v) is 10.3. The van der Waals surface area contributed by atoms with Crippen molar-refractivity contribution >= 4 is 28.9 Å². The first-order valence-electron chi connectivity index (χ1n) is 10.3. The van der Waals surface area contributed by atoms with Crippen molar-refractivity contribution in [3.8, 4) is 5.75 Å². The molecule has 1 saturated heterocycles. The Labute approximate surface area is 181 Å². The van der Waals surface area contributed by atoms with Crippen molar-refractivity contribution in [1.82, 2.24) is 0 Å². The molecule has 2 N–H and O–H groups in total. The zero-order valence-electron chi connectivity index (χ0n) is 17.4. The summed E-state index contributed by atoms with van der Waals surface area (Å²) in [6, 6.07) is 23.9. The van der Waals surface area contributed by atoms with Gasteiger partial charge in [0.05, 0.1) is 7.11 Å². The van der Waals surface area contributed by atoms with E-state index in [9.17, 15) is 9.59 Å². The molecule has 6 heteroatoms. The fourth-order valence-corrected chi connectivity index (χ4v) is 3.69. The summed E-state index contributed by atoms with van der Waals surface area (Å²) in [6.07, 6.45) is 1.49. The summed E-state index contributed by atoms with van der Waals surface area (Å²) in [5, 5.41) is 6.29. The molecule has 158 valence electrons. The van der Waals surface area contributed by atoms with Crippen LogP contribution in [0.3, 0.4) is 0 Å². The van der Waals surface area contributed by atoms with Crippen LogP contribution in [0.4, 0.5) is 17.1 Å². The summed E-state index contributed by atoms with van der Waals surface area (Å²) in [7, 11) is 1.59. The van der Waals surface area contributed by atoms with E-state index in [1.807, 2.05) is 72.8 Å². The van der Waals surface area contributed by atoms with Gasteiger partial charge in [-0.1, -0.05) is 36.4 Å². The number of methoxy groups -OCH3 is 1. The monoisotopic (exact) mass is 415 g/mol. The lowest BCUT2D eigenvalue weighted by molar-refractivity contribution is -0.117. The van der Waals surface area contributed by atoms with Gasteiger partial charge in [0.25, 0.3) is 5.91 Å². The highest BCUT2D eigenvalue weighted by Gasteiger charge is 2.23. The van der Waals surface area contributed by atoms with Gasteiger partial charge in [-0.15, -0.1) is 0 Å². The Hall–Kier alpha value is -3.80. The number of rotatable bonds is 7. The molecule has 0 aliphatic carbocycles. The standard InChI is InChI=1S/C25H25N3O3/c1-31-22-10-5-9-20(17-22)27-25(30)24(18-7-3-2-4-8-18)26-19-12-14-21(15-13-19)28-16-6-11-23(28)29/h2-5,7-10,12-15,17,24,26H,6,11,16H2,1H3,(H,27,30). The maximum atomic E-state index is 13.2. The van der Waals surface area contributed by atoms with Gasteiger partial charge in [-0.25, -0.2) is 0 Å². The molecule has 0 radical (unpaired) electrons. The number of hydrogen-bond donors (Lipinski definition) is 2. The molecule has 0 spiro atoms. The maximum absolute atomic E-state index is 13.2. The second-order valence-corrected chi connectivity index (χ2v) is 7.41. The zero-order valence-corrected chi connectivity index (χ0v) is 17.4. The third-order valence-corrected chi connectivity index (χ3v) is 5.30. The normalized spacial score (nSPS) is 14.2. The number of nitrogens with one attached hydrogen (secondary N) is 2. The molecular weight excluding hydrogens is 390 g/mol. The molecule has 1 aliphatic heterocycles. The first-order chi connectivity index (χ1) is 15.1. The molecule has 3 aromatic rings. The van der Waals surface area contributed by atoms with Crippen LogP contribution in [0.2, 0.25) is 0 Å². The highest BCUT2D eigenvalue weighted by molar-refractivity contribution is 5.98. The maximum Gasteiger partial charge on any atom is 0.251 e. The van der Waals surface area contributed by atoms with Crippen molar-refractivity contribution in [2.45, 2.75) is 18.9 Å². The second kappa shape index (κ2) is 9.34. The molecule has 6 nitrogen and oxygen atoms in total. The van der Waals surface area contributed by atoms with Crippen LogP contribution >= 0.6 is 0 Å². The predicted molar refractivity (Wildman–Crippen MR) is 122 cm³/mol. The summed E-state index contributed by atoms with van der Waals surface area (Å²) in [6.45, 7) is 0.751. The smallest absolute Gasteiger partial charge is 0.251 e. The van der Waals surface area contributed by atoms with E-state index in [1.165, 1.54) is 0 Å². The lowest BCUT2D eigenvalue weighted by atomic mass is 10.1. The summed E-state index contributed by atoms with van der Waals surface area (Å²) in [5.74, 6) is 0.646. The Morgan fingerprint density at radius 2 is 1.74 bits per heavy atom. The van der Waals surface area contributed by atoms with Crippen LogP contribution in [0, 0.1) is 0 Å². The SMILES string of the molecule is COc1cccc(NC(=O)C(Nc2ccc(N3CCCC3=O)cc2)c2ccccc2)c1. The van der Waals surface area contributed by atoms with E-state index in [0.29, 0.717) is 17.9 Å². The minimum Gasteiger partial charge on any atom is -0.497 e. The lowest BCUT2D eigenvalue weighted by Crippen LogP contribution is -2.27. The van der Waals surface area contributed by atoms with Crippen molar-refractivity contribution in [2.75, 3.05) is 29.2 Å². The predicted octanol–water partition coefficient (Wildman–Crippen LogP) is 4.61. The van der Waals surface area contributed by atoms with Gasteiger partial charge in [0.15, 0.2) is 0 Å². The lowest BCUT2D eigenvalue weighted by Gasteiger charge is -2.21. The molecule has 0 saturated carbocycles. The van der Waals surface area contributed by atoms with Crippen LogP contribution in [0.15, 0.2) is 78.9 Å². The summed E-state index contributed by atoms with van der Waals surface area (Å²) < 4.78 is 5.24. The highest BCUT2D eigenvalue weighted by Crippen LogP contribution is 2.26. The molecule has 31 heavy (non-hydrogen) atoms. The number of amides is 2. The largest absolute Gasteiger partial charge is 0.497 e. The molecule has 0 bridgehead atoms. The zero-order chi connectivity index (χ0) is 21.6. The Morgan fingerprint density at radius 3 is 2.42 bits per heavy atom. The van der Waals surface area contributed by atoms with Crippen molar-refractivity contribution < 1.29 is 14.3 Å². The van der Waals surface area contributed by atoms with Crippen molar-refractivity contribution in [3.63, 3.8) is 0 Å². The van der Waals surface area contributed by atoms with Crippen LogP contribution < -0.4 is 20.3 Å². The Bertz CT molecular complexity index is 1050. The van der Waals surface area contributed by atoms with E-state index >= 15 is 0 Å². The minimum atomic E-state index is -0.591. The number of carbonyl (C=O) groups excluding carboxylic acids is 2. The fraction of sp³-hybridized carbons (Fsp3) is 0.200. The first kappa shape index (κ1) is 20.5. The number of carbonyl (C=O) groups is 2. The molecular formula is C25H25N3O3. The van der Waals surface area contributed by atoms with Crippen LogP contribution in [-0.2, 0) is 9.59 Å². The van der Waals surface area contributed by atoms with E-state index in [1.54, 1.807) is 18.1 Å². The number of benzene rings is 3. The third kappa shape index (κ3) is 4.86. The van der Waals surface area contributed by atoms with Crippen LogP contribution in [0.1, 0.15) is 24.4 Å². The van der Waals surface area contributed by atoms with Gasteiger partial charge in [-0.2, -0.15) is 0 Å². The average molecular weight is 415 g/mol. The van der Waals surface area contributed by atoms with Crippen LogP contribution in [-0.4, -0.2) is 25.5 Å². The molecule has 0 aromatic heterocycles. The molecule has 1 heterocycles. The molecule has 2 amide bonds. The van der Waals surface area contributed by atoms with E-state index in [0.717, 1.165) is 29.9 Å². The minimum absolute atomic E-state index is 0.153. The topological polar surface area (TPSA) is 70.7 Å². The second-order valence-electron chi connectivity index (χ2n) is 7.41. The van der Waals surface area contributed by atoms with Gasteiger partial charge in [0.1, 0.15) is 11.8 Å². The van der Waals surface area contributed by atoms with Gasteiger partial charge in [-0.05, 0) is 48.4 Å². The number of anilines is 3. The van der Waals surface area contributed by atoms with Gasteiger partial charge in [0, 0.05) is 36.1 Å². The number of nitrogens with zero attached hydrogens (tertiary/aromatic N) is 1. The number of ether oxygens (including phenoxy) is 1. The summed E-state index contributed by atoms with van der Waals surface area (Å²) in [5.41, 5.74) is 3.19. The summed E-state index contributed by atoms with van der Waals surface area (Å²) in [4.78, 5) is 26.9. The fourth-order valence-electron chi connectivity index (χ4n) is 3.69. The Morgan fingerprint density at radius 1 is 0.968 bits per heavy atom. The highest BCUT2D eigenvalue weighted by atomic mass is 16.5. The molecule has 1 aliphatic rings. The van der Waals surface area contributed by atoms with E-state index in [4.69, 9.17) is 4.74 Å². The molecule has 1 fully saturated rings. The third-order valence-electron chi connectivity index (χ3n) is 5.30. The van der Waals surface area contributed by atoms with Crippen molar-refractivity contribution in [3.05, 3.63) is 84.4 Å². The Kier molecular flexibility index (Phi) is 6.17. The van der Waals surface area contributed by atoms with Gasteiger partial charge >= 0.3 is 0 Å². The van der Waals surface area contributed by atoms with E-state index < -0.39 is 6.04 Å². The average Bonchev–Trinajstić information content (AvgIpc) is 3.24. The van der Waals surface area contributed by atoms with E-state index in [2.05, 4.69) is 10.6 Å². The Balaban J connectivity index is 1.54. The van der Waals surface area contributed by atoms with Crippen molar-refractivity contribution in [2.24, 2.45) is 0 Å². The molecule has 1 atom stereocenters. The van der Waals surface area contributed by atoms with Crippen LogP contribution in [0.25, 0.3) is 0 Å². The number of hydrogen-bond acceptors (Lipinski definition) is 4. The van der Waals surface area contributed by atoms with Gasteiger partial charge in [0.2, 0.25) is 5.91 Å². The van der Waals surface area contributed by atoms with E-state index in [-0.39, 0.29) is 11.8 Å². The quantitative estimate of drug-likeness (QED) is 0.591. The van der Waals surface area contributed by atoms with Crippen LogP contribution in [0.5, 0.6) is 5.75 Å². The van der Waals surface area contributed by atoms with Gasteiger partial charge in [-0.3, -0.25) is 9.59 Å². The molecule has 3 aromatic carbocycles.